The highest BCUT2D eigenvalue weighted by Crippen LogP contribution is 2.21. The number of hydrogen-bond acceptors (Lipinski definition) is 4. The Morgan fingerprint density at radius 3 is 2.67 bits per heavy atom. The first-order valence-electron chi connectivity index (χ1n) is 2.68. The predicted octanol–water partition coefficient (Wildman–Crippen LogP) is 1.26. The first-order valence-corrected chi connectivity index (χ1v) is 5.00. The van der Waals surface area contributed by atoms with Gasteiger partial charge in [0.15, 0.2) is 5.12 Å². The summed E-state index contributed by atoms with van der Waals surface area (Å²) in [4.78, 5) is 10.3. The quantitative estimate of drug-likeness (QED) is 0.639. The van der Waals surface area contributed by atoms with Gasteiger partial charge in [0.2, 0.25) is 0 Å². The maximum atomic E-state index is 10.3. The fourth-order valence-electron chi connectivity index (χ4n) is 0.224. The summed E-state index contributed by atoms with van der Waals surface area (Å²) >= 11 is 0. The van der Waals surface area contributed by atoms with E-state index in [9.17, 15) is 4.79 Å². The Morgan fingerprint density at radius 2 is 2.33 bits per heavy atom. The van der Waals surface area contributed by atoms with E-state index in [0.29, 0.717) is 0 Å². The number of carbonyl (C=O) groups is 1. The van der Waals surface area contributed by atoms with Crippen molar-refractivity contribution in [2.24, 2.45) is 5.73 Å². The first kappa shape index (κ1) is 9.33. The zero-order valence-electron chi connectivity index (χ0n) is 5.59. The van der Waals surface area contributed by atoms with Crippen molar-refractivity contribution in [1.29, 1.82) is 0 Å². The summed E-state index contributed by atoms with van der Waals surface area (Å²) in [5, 5.41) is 0.139. The molecule has 0 aromatic carbocycles. The van der Waals surface area contributed by atoms with E-state index in [-0.39, 0.29) is 11.2 Å². The molecule has 0 saturated carbocycles. The van der Waals surface area contributed by atoms with E-state index in [4.69, 9.17) is 5.73 Å². The standard InChI is InChI=1S/C5H11NOS2/c1-4(6)3-8-9-5(2)7/h4H,3,6H2,1-2H3. The van der Waals surface area contributed by atoms with Gasteiger partial charge < -0.3 is 5.73 Å². The van der Waals surface area contributed by atoms with Crippen LogP contribution in [0.1, 0.15) is 13.8 Å². The molecular weight excluding hydrogens is 154 g/mol. The van der Waals surface area contributed by atoms with Gasteiger partial charge in [-0.1, -0.05) is 10.8 Å². The Hall–Kier alpha value is 0.330. The summed E-state index contributed by atoms with van der Waals surface area (Å²) in [7, 11) is 2.77. The summed E-state index contributed by atoms with van der Waals surface area (Å²) in [6.07, 6.45) is 0. The molecular formula is C5H11NOS2. The molecule has 1 atom stereocenters. The van der Waals surface area contributed by atoms with Crippen LogP contribution in [0, 0.1) is 0 Å². The Morgan fingerprint density at radius 1 is 1.78 bits per heavy atom. The van der Waals surface area contributed by atoms with Crippen LogP contribution in [0.15, 0.2) is 0 Å². The van der Waals surface area contributed by atoms with Gasteiger partial charge in [0, 0.05) is 18.7 Å². The van der Waals surface area contributed by atoms with Crippen molar-refractivity contribution in [2.45, 2.75) is 19.9 Å². The van der Waals surface area contributed by atoms with Crippen LogP contribution in [0.4, 0.5) is 0 Å². The molecule has 0 saturated heterocycles. The highest BCUT2D eigenvalue weighted by Gasteiger charge is 1.96. The minimum absolute atomic E-state index is 0.139. The Labute approximate surface area is 63.3 Å². The Balaban J connectivity index is 3.01. The van der Waals surface area contributed by atoms with Crippen molar-refractivity contribution in [3.05, 3.63) is 0 Å². The lowest BCUT2D eigenvalue weighted by molar-refractivity contribution is -0.109. The molecule has 0 bridgehead atoms. The van der Waals surface area contributed by atoms with Crippen molar-refractivity contribution in [2.75, 3.05) is 5.75 Å². The molecule has 0 heterocycles. The van der Waals surface area contributed by atoms with E-state index in [0.717, 1.165) is 5.75 Å². The lowest BCUT2D eigenvalue weighted by Gasteiger charge is -1.99. The second-order valence-corrected chi connectivity index (χ2v) is 4.35. The van der Waals surface area contributed by atoms with E-state index in [1.54, 1.807) is 6.92 Å². The van der Waals surface area contributed by atoms with Gasteiger partial charge in [0.25, 0.3) is 0 Å². The molecule has 0 fully saturated rings. The maximum absolute atomic E-state index is 10.3. The summed E-state index contributed by atoms with van der Waals surface area (Å²) < 4.78 is 0. The van der Waals surface area contributed by atoms with Gasteiger partial charge in [-0.3, -0.25) is 4.79 Å². The first-order chi connectivity index (χ1) is 4.13. The second-order valence-electron chi connectivity index (χ2n) is 1.84. The Kier molecular flexibility index (Phi) is 5.33. The zero-order chi connectivity index (χ0) is 7.28. The smallest absolute Gasteiger partial charge is 0.196 e. The van der Waals surface area contributed by atoms with Crippen LogP contribution in [-0.2, 0) is 4.79 Å². The average molecular weight is 165 g/mol. The molecule has 1 unspecified atom stereocenters. The highest BCUT2D eigenvalue weighted by molar-refractivity contribution is 8.82. The van der Waals surface area contributed by atoms with Crippen LogP contribution in [-0.4, -0.2) is 16.9 Å². The molecule has 0 aliphatic rings. The number of rotatable bonds is 3. The van der Waals surface area contributed by atoms with Gasteiger partial charge in [0.1, 0.15) is 0 Å². The molecule has 2 N–H and O–H groups in total. The van der Waals surface area contributed by atoms with E-state index < -0.39 is 0 Å². The molecule has 9 heavy (non-hydrogen) atoms. The number of hydrogen-bond donors (Lipinski definition) is 1. The van der Waals surface area contributed by atoms with Crippen molar-refractivity contribution < 1.29 is 4.79 Å². The van der Waals surface area contributed by atoms with Crippen molar-refractivity contribution >= 4 is 26.7 Å². The summed E-state index contributed by atoms with van der Waals surface area (Å²) in [5.41, 5.74) is 5.43. The summed E-state index contributed by atoms with van der Waals surface area (Å²) in [6, 6.07) is 0.182. The van der Waals surface area contributed by atoms with E-state index >= 15 is 0 Å². The topological polar surface area (TPSA) is 43.1 Å². The zero-order valence-corrected chi connectivity index (χ0v) is 7.22. The van der Waals surface area contributed by atoms with E-state index in [2.05, 4.69) is 0 Å². The minimum atomic E-state index is 0.139. The molecule has 0 aliphatic heterocycles. The van der Waals surface area contributed by atoms with Crippen molar-refractivity contribution in [3.63, 3.8) is 0 Å². The van der Waals surface area contributed by atoms with E-state index in [1.807, 2.05) is 6.92 Å². The van der Waals surface area contributed by atoms with Crippen molar-refractivity contribution in [1.82, 2.24) is 0 Å². The number of nitrogens with two attached hydrogens (primary N) is 1. The summed E-state index contributed by atoms with van der Waals surface area (Å²) in [5.74, 6) is 0.838. The molecule has 2 nitrogen and oxygen atoms in total. The molecule has 4 heteroatoms. The van der Waals surface area contributed by atoms with Crippen molar-refractivity contribution in [3.8, 4) is 0 Å². The highest BCUT2D eigenvalue weighted by atomic mass is 33.1. The molecule has 0 amide bonds. The molecule has 0 aliphatic carbocycles. The minimum Gasteiger partial charge on any atom is -0.327 e. The second kappa shape index (κ2) is 5.14. The van der Waals surface area contributed by atoms with Gasteiger partial charge in [-0.15, -0.1) is 0 Å². The molecule has 0 spiro atoms. The van der Waals surface area contributed by atoms with Gasteiger partial charge in [0.05, 0.1) is 0 Å². The largest absolute Gasteiger partial charge is 0.327 e. The van der Waals surface area contributed by atoms with Crippen LogP contribution in [0.3, 0.4) is 0 Å². The van der Waals surface area contributed by atoms with Crippen LogP contribution in [0.5, 0.6) is 0 Å². The SMILES string of the molecule is CC(=O)SSCC(C)N. The third kappa shape index (κ3) is 8.33. The predicted molar refractivity (Wildman–Crippen MR) is 44.4 cm³/mol. The van der Waals surface area contributed by atoms with Gasteiger partial charge in [-0.2, -0.15) is 0 Å². The maximum Gasteiger partial charge on any atom is 0.196 e. The summed E-state index contributed by atoms with van der Waals surface area (Å²) in [6.45, 7) is 3.48. The Bertz CT molecular complexity index is 95.0. The average Bonchev–Trinajstić information content (AvgIpc) is 1.63. The van der Waals surface area contributed by atoms with Crippen LogP contribution >= 0.6 is 21.6 Å². The fraction of sp³-hybridized carbons (Fsp3) is 0.800. The lowest BCUT2D eigenvalue weighted by atomic mass is 10.4. The molecule has 0 radical (unpaired) electrons. The molecule has 0 rings (SSSR count). The van der Waals surface area contributed by atoms with Gasteiger partial charge in [-0.25, -0.2) is 0 Å². The number of carbonyl (C=O) groups excluding carboxylic acids is 1. The normalized spacial score (nSPS) is 13.2. The molecule has 0 aromatic heterocycles. The van der Waals surface area contributed by atoms with E-state index in [1.165, 1.54) is 21.6 Å². The van der Waals surface area contributed by atoms with Crippen LogP contribution < -0.4 is 5.73 Å². The monoisotopic (exact) mass is 165 g/mol. The third-order valence-electron chi connectivity index (χ3n) is 0.507. The lowest BCUT2D eigenvalue weighted by Crippen LogP contribution is -2.16. The van der Waals surface area contributed by atoms with Gasteiger partial charge >= 0.3 is 0 Å². The van der Waals surface area contributed by atoms with Gasteiger partial charge in [-0.05, 0) is 17.7 Å². The fourth-order valence-corrected chi connectivity index (χ4v) is 2.02. The molecule has 0 aromatic rings. The van der Waals surface area contributed by atoms with Crippen LogP contribution in [0.2, 0.25) is 0 Å². The van der Waals surface area contributed by atoms with Crippen LogP contribution in [0.25, 0.3) is 0 Å². The molecule has 54 valence electrons. The third-order valence-corrected chi connectivity index (χ3v) is 2.99.